The number of carbonyl (C=O) groups excluding carboxylic acids is 1. The number of cyclic esters (lactones) is 1. The third-order valence-electron chi connectivity index (χ3n) is 1.52. The van der Waals surface area contributed by atoms with E-state index in [-0.39, 0.29) is 0 Å². The minimum atomic E-state index is -0.671. The Balaban J connectivity index is 2.46. The van der Waals surface area contributed by atoms with E-state index < -0.39 is 12.3 Å². The fraction of sp³-hybridized carbons (Fsp3) is 0.833. The van der Waals surface area contributed by atoms with E-state index in [1.54, 1.807) is 0 Å². The molecule has 1 amide bonds. The van der Waals surface area contributed by atoms with Crippen molar-refractivity contribution in [2.24, 2.45) is 0 Å². The van der Waals surface area contributed by atoms with Gasteiger partial charge in [0.2, 0.25) is 0 Å². The highest BCUT2D eigenvalue weighted by atomic mass is 16.6. The lowest BCUT2D eigenvalue weighted by molar-refractivity contribution is 0.0350. The van der Waals surface area contributed by atoms with E-state index in [2.05, 4.69) is 4.74 Å². The minimum absolute atomic E-state index is 0.399. The molecule has 0 spiro atoms. The van der Waals surface area contributed by atoms with Gasteiger partial charge in [0.05, 0.1) is 6.54 Å². The summed E-state index contributed by atoms with van der Waals surface area (Å²) in [7, 11) is 0. The van der Waals surface area contributed by atoms with E-state index in [0.717, 1.165) is 0 Å². The topological polar surface area (TPSA) is 49.8 Å². The maximum atomic E-state index is 10.7. The molecule has 1 aliphatic heterocycles. The number of rotatable bonds is 2. The van der Waals surface area contributed by atoms with Gasteiger partial charge in [-0.15, -0.1) is 0 Å². The zero-order chi connectivity index (χ0) is 7.56. The van der Waals surface area contributed by atoms with Crippen LogP contribution < -0.4 is 0 Å². The van der Waals surface area contributed by atoms with Gasteiger partial charge in [-0.1, -0.05) is 6.92 Å². The van der Waals surface area contributed by atoms with E-state index in [9.17, 15) is 4.79 Å². The minimum Gasteiger partial charge on any atom is -0.447 e. The van der Waals surface area contributed by atoms with Crippen molar-refractivity contribution in [3.8, 4) is 0 Å². The number of hydrogen-bond acceptors (Lipinski definition) is 3. The molecule has 1 saturated heterocycles. The van der Waals surface area contributed by atoms with Gasteiger partial charge in [0.25, 0.3) is 0 Å². The Labute approximate surface area is 59.4 Å². The van der Waals surface area contributed by atoms with Gasteiger partial charge in [-0.05, 0) is 6.42 Å². The summed E-state index contributed by atoms with van der Waals surface area (Å²) in [5, 5.41) is 9.15. The highest BCUT2D eigenvalue weighted by Crippen LogP contribution is 2.08. The smallest absolute Gasteiger partial charge is 0.412 e. The normalized spacial score (nSPS) is 21.0. The highest BCUT2D eigenvalue weighted by Gasteiger charge is 2.26. The van der Waals surface area contributed by atoms with E-state index in [1.807, 2.05) is 6.92 Å². The summed E-state index contributed by atoms with van der Waals surface area (Å²) in [5.74, 6) is 0. The van der Waals surface area contributed by atoms with Gasteiger partial charge in [0, 0.05) is 0 Å². The molecule has 0 bridgehead atoms. The fourth-order valence-corrected chi connectivity index (χ4v) is 0.897. The lowest BCUT2D eigenvalue weighted by Crippen LogP contribution is -2.35. The Bertz CT molecular complexity index is 137. The van der Waals surface area contributed by atoms with Crippen molar-refractivity contribution in [3.05, 3.63) is 0 Å². The molecular weight excluding hydrogens is 134 g/mol. The molecular formula is C6H11NO3. The van der Waals surface area contributed by atoms with Crippen molar-refractivity contribution in [1.82, 2.24) is 4.90 Å². The molecule has 0 radical (unpaired) electrons. The molecule has 1 atom stereocenters. The van der Waals surface area contributed by atoms with Gasteiger partial charge in [0.15, 0.2) is 0 Å². The van der Waals surface area contributed by atoms with Crippen molar-refractivity contribution in [1.29, 1.82) is 0 Å². The van der Waals surface area contributed by atoms with Crippen LogP contribution in [0, 0.1) is 0 Å². The molecule has 1 aliphatic rings. The van der Waals surface area contributed by atoms with Crippen LogP contribution in [0.3, 0.4) is 0 Å². The zero-order valence-corrected chi connectivity index (χ0v) is 5.91. The fourth-order valence-electron chi connectivity index (χ4n) is 0.897. The standard InChI is InChI=1S/C6H11NO3/c1-2-5(8)7-3-4-10-6(7)9/h5,8H,2-4H2,1H3. The molecule has 1 fully saturated rings. The van der Waals surface area contributed by atoms with Crippen LogP contribution in [0.15, 0.2) is 0 Å². The van der Waals surface area contributed by atoms with Crippen LogP contribution in [0.2, 0.25) is 0 Å². The molecule has 0 aromatic heterocycles. The molecule has 10 heavy (non-hydrogen) atoms. The first-order valence-corrected chi connectivity index (χ1v) is 3.37. The Morgan fingerprint density at radius 2 is 2.60 bits per heavy atom. The maximum absolute atomic E-state index is 10.7. The summed E-state index contributed by atoms with van der Waals surface area (Å²) in [6, 6.07) is 0. The van der Waals surface area contributed by atoms with Gasteiger partial charge < -0.3 is 9.84 Å². The van der Waals surface area contributed by atoms with Gasteiger partial charge >= 0.3 is 6.09 Å². The lowest BCUT2D eigenvalue weighted by Gasteiger charge is -2.17. The number of amides is 1. The van der Waals surface area contributed by atoms with Crippen molar-refractivity contribution in [2.45, 2.75) is 19.6 Å². The molecule has 1 heterocycles. The number of ether oxygens (including phenoxy) is 1. The summed E-state index contributed by atoms with van der Waals surface area (Å²) >= 11 is 0. The number of aliphatic hydroxyl groups excluding tert-OH is 1. The van der Waals surface area contributed by atoms with Gasteiger partial charge in [-0.3, -0.25) is 4.90 Å². The maximum Gasteiger partial charge on any atom is 0.412 e. The third kappa shape index (κ3) is 1.21. The number of aliphatic hydroxyl groups is 1. The Kier molecular flexibility index (Phi) is 2.11. The van der Waals surface area contributed by atoms with Crippen LogP contribution in [0.4, 0.5) is 4.79 Å². The molecule has 1 N–H and O–H groups in total. The molecule has 4 nitrogen and oxygen atoms in total. The van der Waals surface area contributed by atoms with Crippen molar-refractivity contribution < 1.29 is 14.6 Å². The summed E-state index contributed by atoms with van der Waals surface area (Å²) in [6.07, 6.45) is -0.529. The highest BCUT2D eigenvalue weighted by molar-refractivity contribution is 5.69. The second kappa shape index (κ2) is 2.88. The molecule has 1 rings (SSSR count). The number of hydrogen-bond donors (Lipinski definition) is 1. The Morgan fingerprint density at radius 1 is 1.90 bits per heavy atom. The second-order valence-electron chi connectivity index (χ2n) is 2.20. The molecule has 0 aromatic carbocycles. The van der Waals surface area contributed by atoms with Crippen molar-refractivity contribution >= 4 is 6.09 Å². The van der Waals surface area contributed by atoms with E-state index in [0.29, 0.717) is 19.6 Å². The van der Waals surface area contributed by atoms with Gasteiger partial charge in [-0.2, -0.15) is 0 Å². The van der Waals surface area contributed by atoms with Gasteiger partial charge in [-0.25, -0.2) is 4.79 Å². The first-order chi connectivity index (χ1) is 4.75. The van der Waals surface area contributed by atoms with E-state index in [4.69, 9.17) is 5.11 Å². The van der Waals surface area contributed by atoms with Crippen LogP contribution in [0.5, 0.6) is 0 Å². The van der Waals surface area contributed by atoms with Crippen LogP contribution in [0.1, 0.15) is 13.3 Å². The summed E-state index contributed by atoms with van der Waals surface area (Å²) in [4.78, 5) is 12.0. The molecule has 0 aromatic rings. The molecule has 4 heteroatoms. The molecule has 0 aliphatic carbocycles. The van der Waals surface area contributed by atoms with Crippen molar-refractivity contribution in [2.75, 3.05) is 13.2 Å². The first kappa shape index (κ1) is 7.34. The van der Waals surface area contributed by atoms with Crippen molar-refractivity contribution in [3.63, 3.8) is 0 Å². The van der Waals surface area contributed by atoms with E-state index in [1.165, 1.54) is 4.90 Å². The molecule has 58 valence electrons. The SMILES string of the molecule is CCC(O)N1CCOC1=O. The lowest BCUT2D eigenvalue weighted by atomic mass is 10.4. The Morgan fingerprint density at radius 3 is 3.00 bits per heavy atom. The monoisotopic (exact) mass is 145 g/mol. The molecule has 1 unspecified atom stereocenters. The van der Waals surface area contributed by atoms with Crippen LogP contribution in [-0.4, -0.2) is 35.5 Å². The first-order valence-electron chi connectivity index (χ1n) is 3.37. The van der Waals surface area contributed by atoms with Crippen LogP contribution in [0.25, 0.3) is 0 Å². The third-order valence-corrected chi connectivity index (χ3v) is 1.52. The zero-order valence-electron chi connectivity index (χ0n) is 5.91. The average Bonchev–Trinajstić information content (AvgIpc) is 2.34. The molecule has 0 saturated carbocycles. The predicted molar refractivity (Wildman–Crippen MR) is 34.4 cm³/mol. The summed E-state index contributed by atoms with van der Waals surface area (Å²) in [6.45, 7) is 2.72. The average molecular weight is 145 g/mol. The van der Waals surface area contributed by atoms with Crippen LogP contribution >= 0.6 is 0 Å². The summed E-state index contributed by atoms with van der Waals surface area (Å²) in [5.41, 5.74) is 0. The van der Waals surface area contributed by atoms with Crippen LogP contribution in [-0.2, 0) is 4.74 Å². The predicted octanol–water partition coefficient (Wildman–Crippen LogP) is 0.167. The largest absolute Gasteiger partial charge is 0.447 e. The number of carbonyl (C=O) groups is 1. The quantitative estimate of drug-likeness (QED) is 0.602. The van der Waals surface area contributed by atoms with Gasteiger partial charge in [0.1, 0.15) is 12.8 Å². The second-order valence-corrected chi connectivity index (χ2v) is 2.20. The number of nitrogens with zero attached hydrogens (tertiary/aromatic N) is 1. The Hall–Kier alpha value is -0.770. The van der Waals surface area contributed by atoms with E-state index >= 15 is 0 Å². The summed E-state index contributed by atoms with van der Waals surface area (Å²) < 4.78 is 4.62.